The minimum Gasteiger partial charge on any atom is -0.156 e. The van der Waals surface area contributed by atoms with Crippen molar-refractivity contribution in [3.05, 3.63) is 47.0 Å². The van der Waals surface area contributed by atoms with E-state index in [9.17, 15) is 0 Å². The Hall–Kier alpha value is -1.84. The van der Waals surface area contributed by atoms with Gasteiger partial charge in [-0.25, -0.2) is 0 Å². The van der Waals surface area contributed by atoms with Crippen molar-refractivity contribution in [1.82, 2.24) is 20.4 Å². The predicted molar refractivity (Wildman–Crippen MR) is 77.5 cm³/mol. The Morgan fingerprint density at radius 1 is 0.750 bits per heavy atom. The Bertz CT molecular complexity index is 511. The van der Waals surface area contributed by atoms with Crippen molar-refractivity contribution in [1.29, 1.82) is 0 Å². The van der Waals surface area contributed by atoms with Crippen molar-refractivity contribution in [2.45, 2.75) is 51.4 Å². The number of aryl methyl sites for hydroxylation is 2. The predicted octanol–water partition coefficient (Wildman–Crippen LogP) is 3.32. The summed E-state index contributed by atoms with van der Waals surface area (Å²) >= 11 is 0. The van der Waals surface area contributed by atoms with E-state index in [2.05, 4.69) is 44.7 Å². The third-order valence-corrected chi connectivity index (χ3v) is 4.15. The molecule has 0 aromatic carbocycles. The fourth-order valence-electron chi connectivity index (χ4n) is 2.98. The highest BCUT2D eigenvalue weighted by atomic mass is 15.1. The maximum Gasteiger partial charge on any atom is 0.0662 e. The van der Waals surface area contributed by atoms with Gasteiger partial charge in [-0.1, -0.05) is 6.42 Å². The highest BCUT2D eigenvalue weighted by molar-refractivity contribution is 5.16. The van der Waals surface area contributed by atoms with Crippen molar-refractivity contribution >= 4 is 0 Å². The number of hydrogen-bond acceptors (Lipinski definition) is 4. The number of rotatable bonds is 2. The summed E-state index contributed by atoms with van der Waals surface area (Å²) in [7, 11) is 0. The van der Waals surface area contributed by atoms with Crippen molar-refractivity contribution in [3.63, 3.8) is 0 Å². The zero-order valence-electron chi connectivity index (χ0n) is 12.1. The summed E-state index contributed by atoms with van der Waals surface area (Å²) < 4.78 is 0. The fraction of sp³-hybridized carbons (Fsp3) is 0.500. The maximum absolute atomic E-state index is 4.36. The van der Waals surface area contributed by atoms with E-state index >= 15 is 0 Å². The lowest BCUT2D eigenvalue weighted by Crippen LogP contribution is -2.15. The van der Waals surface area contributed by atoms with Gasteiger partial charge in [-0.2, -0.15) is 20.4 Å². The highest BCUT2D eigenvalue weighted by Gasteiger charge is 2.26. The molecule has 1 unspecified atom stereocenters. The van der Waals surface area contributed by atoms with Crippen molar-refractivity contribution in [2.24, 2.45) is 0 Å². The molecule has 4 heteroatoms. The van der Waals surface area contributed by atoms with Crippen LogP contribution in [-0.4, -0.2) is 20.4 Å². The quantitative estimate of drug-likeness (QED) is 0.838. The van der Waals surface area contributed by atoms with Gasteiger partial charge in [-0.3, -0.25) is 0 Å². The van der Waals surface area contributed by atoms with Crippen molar-refractivity contribution in [2.75, 3.05) is 0 Å². The van der Waals surface area contributed by atoms with E-state index in [0.29, 0.717) is 11.8 Å². The Morgan fingerprint density at radius 3 is 1.65 bits per heavy atom. The maximum atomic E-state index is 4.36. The van der Waals surface area contributed by atoms with Gasteiger partial charge in [0.25, 0.3) is 0 Å². The van der Waals surface area contributed by atoms with Gasteiger partial charge in [0.05, 0.1) is 22.8 Å². The van der Waals surface area contributed by atoms with Gasteiger partial charge in [-0.15, -0.1) is 0 Å². The van der Waals surface area contributed by atoms with E-state index in [1.807, 2.05) is 13.8 Å². The third kappa shape index (κ3) is 2.84. The molecule has 0 spiro atoms. The average Bonchev–Trinajstić information content (AvgIpc) is 2.49. The first-order valence-electron chi connectivity index (χ1n) is 7.33. The summed E-state index contributed by atoms with van der Waals surface area (Å²) in [5.74, 6) is 1.01. The Labute approximate surface area is 119 Å². The summed E-state index contributed by atoms with van der Waals surface area (Å²) in [6, 6.07) is 8.35. The van der Waals surface area contributed by atoms with Crippen LogP contribution in [0.15, 0.2) is 24.3 Å². The minimum atomic E-state index is 0.505. The smallest absolute Gasteiger partial charge is 0.0662 e. The number of hydrogen-bond donors (Lipinski definition) is 0. The molecule has 4 nitrogen and oxygen atoms in total. The first kappa shape index (κ1) is 13.2. The summed E-state index contributed by atoms with van der Waals surface area (Å²) in [6.07, 6.45) is 4.73. The molecule has 104 valence electrons. The van der Waals surface area contributed by atoms with Crippen LogP contribution >= 0.6 is 0 Å². The molecule has 1 aliphatic rings. The van der Waals surface area contributed by atoms with Crippen LogP contribution < -0.4 is 0 Å². The van der Waals surface area contributed by atoms with Crippen LogP contribution in [0.2, 0.25) is 0 Å². The van der Waals surface area contributed by atoms with E-state index in [4.69, 9.17) is 0 Å². The zero-order valence-corrected chi connectivity index (χ0v) is 12.1. The molecule has 1 aliphatic carbocycles. The molecule has 0 radical (unpaired) electrons. The van der Waals surface area contributed by atoms with Crippen LogP contribution in [0.4, 0.5) is 0 Å². The summed E-state index contributed by atoms with van der Waals surface area (Å²) in [6.45, 7) is 3.95. The van der Waals surface area contributed by atoms with E-state index in [-0.39, 0.29) is 0 Å². The monoisotopic (exact) mass is 268 g/mol. The minimum absolute atomic E-state index is 0.505. The molecule has 2 aromatic rings. The summed E-state index contributed by atoms with van der Waals surface area (Å²) in [5, 5.41) is 17.1. The van der Waals surface area contributed by atoms with Gasteiger partial charge in [0.2, 0.25) is 0 Å². The second-order valence-corrected chi connectivity index (χ2v) is 5.76. The molecule has 0 N–H and O–H groups in total. The Morgan fingerprint density at radius 2 is 1.25 bits per heavy atom. The molecule has 0 amide bonds. The molecule has 2 aromatic heterocycles. The van der Waals surface area contributed by atoms with Gasteiger partial charge in [0.15, 0.2) is 0 Å². The molecule has 1 fully saturated rings. The van der Waals surface area contributed by atoms with Crippen LogP contribution in [0.25, 0.3) is 0 Å². The molecular formula is C16H20N4. The first-order valence-corrected chi connectivity index (χ1v) is 7.33. The van der Waals surface area contributed by atoms with Gasteiger partial charge in [0, 0.05) is 11.8 Å². The topological polar surface area (TPSA) is 51.6 Å². The molecule has 3 rings (SSSR count). The average molecular weight is 268 g/mol. The molecule has 2 atom stereocenters. The third-order valence-electron chi connectivity index (χ3n) is 4.15. The lowest BCUT2D eigenvalue weighted by molar-refractivity contribution is 0.379. The highest BCUT2D eigenvalue weighted by Crippen LogP contribution is 2.39. The molecule has 0 aliphatic heterocycles. The first-order chi connectivity index (χ1) is 9.72. The summed E-state index contributed by atoms with van der Waals surface area (Å²) in [4.78, 5) is 0. The van der Waals surface area contributed by atoms with E-state index < -0.39 is 0 Å². The molecule has 20 heavy (non-hydrogen) atoms. The van der Waals surface area contributed by atoms with E-state index in [0.717, 1.165) is 29.2 Å². The van der Waals surface area contributed by atoms with Gasteiger partial charge in [0.1, 0.15) is 0 Å². The zero-order chi connectivity index (χ0) is 13.9. The molecule has 0 saturated heterocycles. The SMILES string of the molecule is Cc1ccc(C2CCC[C@@H](c3ccc(C)nn3)C2)nn1. The van der Waals surface area contributed by atoms with Crippen molar-refractivity contribution < 1.29 is 0 Å². The van der Waals surface area contributed by atoms with Gasteiger partial charge >= 0.3 is 0 Å². The Kier molecular flexibility index (Phi) is 3.72. The number of nitrogens with zero attached hydrogens (tertiary/aromatic N) is 4. The van der Waals surface area contributed by atoms with E-state index in [1.54, 1.807) is 0 Å². The van der Waals surface area contributed by atoms with E-state index in [1.165, 1.54) is 19.3 Å². The standard InChI is InChI=1S/C16H20N4/c1-11-6-8-15(19-17-11)13-4-3-5-14(10-13)16-9-7-12(2)18-20-16/h6-9,13-14H,3-5,10H2,1-2H3/t13-,14?/m1/s1. The van der Waals surface area contributed by atoms with Crippen LogP contribution in [0.5, 0.6) is 0 Å². The normalized spacial score (nSPS) is 22.7. The summed E-state index contributed by atoms with van der Waals surface area (Å²) in [5.41, 5.74) is 4.21. The van der Waals surface area contributed by atoms with Gasteiger partial charge < -0.3 is 0 Å². The lowest BCUT2D eigenvalue weighted by atomic mass is 9.78. The molecule has 1 saturated carbocycles. The molecule has 2 heterocycles. The van der Waals surface area contributed by atoms with Crippen LogP contribution in [0.1, 0.15) is 60.3 Å². The van der Waals surface area contributed by atoms with Gasteiger partial charge in [-0.05, 0) is 57.4 Å². The molecular weight excluding hydrogens is 248 g/mol. The van der Waals surface area contributed by atoms with Crippen LogP contribution in [0, 0.1) is 13.8 Å². The second kappa shape index (κ2) is 5.65. The molecule has 0 bridgehead atoms. The van der Waals surface area contributed by atoms with Crippen LogP contribution in [-0.2, 0) is 0 Å². The second-order valence-electron chi connectivity index (χ2n) is 5.76. The lowest BCUT2D eigenvalue weighted by Gasteiger charge is -2.28. The van der Waals surface area contributed by atoms with Crippen molar-refractivity contribution in [3.8, 4) is 0 Å². The fourth-order valence-corrected chi connectivity index (χ4v) is 2.98. The Balaban J connectivity index is 1.76. The largest absolute Gasteiger partial charge is 0.156 e. The number of aromatic nitrogens is 4. The van der Waals surface area contributed by atoms with Crippen LogP contribution in [0.3, 0.4) is 0 Å².